The Morgan fingerprint density at radius 2 is 1.97 bits per heavy atom. The van der Waals surface area contributed by atoms with Gasteiger partial charge in [-0.15, -0.1) is 5.10 Å². The molecule has 29 heavy (non-hydrogen) atoms. The molecule has 0 aliphatic carbocycles. The van der Waals surface area contributed by atoms with Gasteiger partial charge in [0.05, 0.1) is 36.8 Å². The molecule has 148 valence electrons. The summed E-state index contributed by atoms with van der Waals surface area (Å²) in [6.07, 6.45) is 0.101. The van der Waals surface area contributed by atoms with Gasteiger partial charge in [-0.25, -0.2) is 0 Å². The van der Waals surface area contributed by atoms with Crippen LogP contribution in [-0.2, 0) is 4.79 Å². The number of aromatic amines is 1. The van der Waals surface area contributed by atoms with Crippen LogP contribution in [0.2, 0.25) is 0 Å². The van der Waals surface area contributed by atoms with E-state index in [2.05, 4.69) is 10.2 Å². The van der Waals surface area contributed by atoms with Crippen molar-refractivity contribution < 1.29 is 23.9 Å². The molecule has 0 fully saturated rings. The maximum Gasteiger partial charge on any atom is 0.313 e. The lowest BCUT2D eigenvalue weighted by Gasteiger charge is -2.23. The smallest absolute Gasteiger partial charge is 0.313 e. The number of nitro benzene ring substituents is 1. The molecule has 0 unspecified atom stereocenters. The Morgan fingerprint density at radius 3 is 2.69 bits per heavy atom. The maximum atomic E-state index is 12.2. The van der Waals surface area contributed by atoms with Crippen LogP contribution in [0.3, 0.4) is 0 Å². The van der Waals surface area contributed by atoms with E-state index < -0.39 is 10.9 Å². The van der Waals surface area contributed by atoms with Crippen molar-refractivity contribution in [3.63, 3.8) is 0 Å². The Hall–Kier alpha value is -3.88. The van der Waals surface area contributed by atoms with E-state index in [-0.39, 0.29) is 23.9 Å². The summed E-state index contributed by atoms with van der Waals surface area (Å²) < 4.78 is 16.0. The number of nitrogens with one attached hydrogen (secondary N) is 1. The summed E-state index contributed by atoms with van der Waals surface area (Å²) in [6.45, 7) is 0. The first-order valence-electron chi connectivity index (χ1n) is 8.77. The number of non-ortho nitro benzene ring substituents is 1. The van der Waals surface area contributed by atoms with E-state index in [1.165, 1.54) is 19.2 Å². The van der Waals surface area contributed by atoms with Gasteiger partial charge in [0.2, 0.25) is 5.88 Å². The molecule has 0 amide bonds. The summed E-state index contributed by atoms with van der Waals surface area (Å²) >= 11 is 0. The topological polar surface area (TPSA) is 117 Å². The third kappa shape index (κ3) is 3.27. The number of methoxy groups -OCH3 is 2. The van der Waals surface area contributed by atoms with Gasteiger partial charge in [0.15, 0.2) is 11.5 Å². The molecule has 1 aliphatic rings. The Kier molecular flexibility index (Phi) is 4.63. The predicted octanol–water partition coefficient (Wildman–Crippen LogP) is 3.44. The molecule has 9 heteroatoms. The van der Waals surface area contributed by atoms with Crippen molar-refractivity contribution in [2.24, 2.45) is 0 Å². The Morgan fingerprint density at radius 1 is 1.17 bits per heavy atom. The number of benzene rings is 2. The summed E-state index contributed by atoms with van der Waals surface area (Å²) in [5.41, 5.74) is 2.58. The second kappa shape index (κ2) is 7.27. The minimum absolute atomic E-state index is 0.0404. The van der Waals surface area contributed by atoms with Crippen LogP contribution in [0.25, 0.3) is 11.3 Å². The summed E-state index contributed by atoms with van der Waals surface area (Å²) in [7, 11) is 3.08. The minimum atomic E-state index is -0.460. The SMILES string of the molecule is COc1ccc([C@H]2CC(=O)Oc3n[nH]c(-c4cccc([N+](=O)[O-])c4)c32)cc1OC. The van der Waals surface area contributed by atoms with Gasteiger partial charge in [0.25, 0.3) is 5.69 Å². The van der Waals surface area contributed by atoms with Gasteiger partial charge in [-0.1, -0.05) is 18.2 Å². The molecule has 3 aromatic rings. The highest BCUT2D eigenvalue weighted by atomic mass is 16.6. The van der Waals surface area contributed by atoms with E-state index in [4.69, 9.17) is 14.2 Å². The van der Waals surface area contributed by atoms with E-state index in [0.29, 0.717) is 28.3 Å². The van der Waals surface area contributed by atoms with E-state index in [1.807, 2.05) is 6.07 Å². The number of H-pyrrole nitrogens is 1. The molecule has 2 heterocycles. The van der Waals surface area contributed by atoms with Crippen LogP contribution in [0.1, 0.15) is 23.5 Å². The zero-order valence-corrected chi connectivity index (χ0v) is 15.7. The summed E-state index contributed by atoms with van der Waals surface area (Å²) in [6, 6.07) is 11.6. The maximum absolute atomic E-state index is 12.2. The molecule has 0 bridgehead atoms. The lowest BCUT2D eigenvalue weighted by Crippen LogP contribution is -2.21. The van der Waals surface area contributed by atoms with Crippen LogP contribution in [0.15, 0.2) is 42.5 Å². The standard InChI is InChI=1S/C20H17N3O6/c1-27-15-7-6-11(9-16(15)28-2)14-10-17(24)29-20-18(14)19(21-22-20)12-4-3-5-13(8-12)23(25)26/h3-9,14H,10H2,1-2H3,(H,21,22)/t14-/m1/s1. The van der Waals surface area contributed by atoms with Crippen LogP contribution < -0.4 is 14.2 Å². The van der Waals surface area contributed by atoms with Gasteiger partial charge in [0, 0.05) is 23.6 Å². The first-order valence-corrected chi connectivity index (χ1v) is 8.77. The Labute approximate surface area is 165 Å². The molecule has 1 aliphatic heterocycles. The van der Waals surface area contributed by atoms with Crippen molar-refractivity contribution >= 4 is 11.7 Å². The molecule has 9 nitrogen and oxygen atoms in total. The minimum Gasteiger partial charge on any atom is -0.493 e. The highest BCUT2D eigenvalue weighted by molar-refractivity contribution is 5.80. The molecule has 1 atom stereocenters. The molecule has 4 rings (SSSR count). The molecule has 1 aromatic heterocycles. The van der Waals surface area contributed by atoms with E-state index >= 15 is 0 Å². The number of hydrogen-bond acceptors (Lipinski definition) is 7. The zero-order chi connectivity index (χ0) is 20.5. The fourth-order valence-corrected chi connectivity index (χ4v) is 3.50. The molecule has 2 aromatic carbocycles. The van der Waals surface area contributed by atoms with Crippen LogP contribution in [0.5, 0.6) is 17.4 Å². The van der Waals surface area contributed by atoms with Crippen molar-refractivity contribution in [1.29, 1.82) is 0 Å². The van der Waals surface area contributed by atoms with Crippen LogP contribution >= 0.6 is 0 Å². The number of nitro groups is 1. The summed E-state index contributed by atoms with van der Waals surface area (Å²) in [4.78, 5) is 22.9. The molecule has 1 N–H and O–H groups in total. The van der Waals surface area contributed by atoms with Crippen molar-refractivity contribution in [3.8, 4) is 28.6 Å². The number of rotatable bonds is 5. The number of carbonyl (C=O) groups is 1. The van der Waals surface area contributed by atoms with Crippen molar-refractivity contribution in [1.82, 2.24) is 10.2 Å². The molecular weight excluding hydrogens is 378 g/mol. The molecule has 0 saturated carbocycles. The average Bonchev–Trinajstić information content (AvgIpc) is 3.16. The highest BCUT2D eigenvalue weighted by Crippen LogP contribution is 2.44. The largest absolute Gasteiger partial charge is 0.493 e. The average molecular weight is 395 g/mol. The van der Waals surface area contributed by atoms with Gasteiger partial charge in [-0.3, -0.25) is 20.0 Å². The van der Waals surface area contributed by atoms with Gasteiger partial charge in [-0.2, -0.15) is 0 Å². The van der Waals surface area contributed by atoms with Gasteiger partial charge in [0.1, 0.15) is 0 Å². The fourth-order valence-electron chi connectivity index (χ4n) is 3.50. The van der Waals surface area contributed by atoms with Crippen LogP contribution in [0.4, 0.5) is 5.69 Å². The quantitative estimate of drug-likeness (QED) is 0.399. The number of esters is 1. The van der Waals surface area contributed by atoms with Crippen molar-refractivity contribution in [2.75, 3.05) is 14.2 Å². The van der Waals surface area contributed by atoms with Crippen LogP contribution in [-0.4, -0.2) is 35.3 Å². The molecule has 0 saturated heterocycles. The number of carbonyl (C=O) groups excluding carboxylic acids is 1. The number of hydrogen-bond donors (Lipinski definition) is 1. The van der Waals surface area contributed by atoms with Crippen molar-refractivity contribution in [3.05, 3.63) is 63.7 Å². The molecule has 0 radical (unpaired) electrons. The zero-order valence-electron chi connectivity index (χ0n) is 15.7. The summed E-state index contributed by atoms with van der Waals surface area (Å²) in [5.74, 6) is 0.503. The fraction of sp³-hybridized carbons (Fsp3) is 0.200. The highest BCUT2D eigenvalue weighted by Gasteiger charge is 2.34. The monoisotopic (exact) mass is 395 g/mol. The number of ether oxygens (including phenoxy) is 3. The van der Waals surface area contributed by atoms with Gasteiger partial charge >= 0.3 is 5.97 Å². The second-order valence-electron chi connectivity index (χ2n) is 6.47. The Bertz CT molecular complexity index is 1110. The second-order valence-corrected chi connectivity index (χ2v) is 6.47. The predicted molar refractivity (Wildman–Crippen MR) is 102 cm³/mol. The van der Waals surface area contributed by atoms with Gasteiger partial charge in [-0.05, 0) is 17.7 Å². The Balaban J connectivity index is 1.85. The summed E-state index contributed by atoms with van der Waals surface area (Å²) in [5, 5.41) is 18.1. The van der Waals surface area contributed by atoms with E-state index in [0.717, 1.165) is 5.56 Å². The first kappa shape index (κ1) is 18.5. The first-order chi connectivity index (χ1) is 14.0. The molecular formula is C20H17N3O6. The third-order valence-corrected chi connectivity index (χ3v) is 4.85. The number of aromatic nitrogens is 2. The van der Waals surface area contributed by atoms with E-state index in [9.17, 15) is 14.9 Å². The van der Waals surface area contributed by atoms with E-state index in [1.54, 1.807) is 31.4 Å². The number of nitrogens with zero attached hydrogens (tertiary/aromatic N) is 2. The lowest BCUT2D eigenvalue weighted by molar-refractivity contribution is -0.384. The number of fused-ring (bicyclic) bond motifs is 1. The van der Waals surface area contributed by atoms with Crippen molar-refractivity contribution in [2.45, 2.75) is 12.3 Å². The van der Waals surface area contributed by atoms with Crippen LogP contribution in [0, 0.1) is 10.1 Å². The lowest BCUT2D eigenvalue weighted by atomic mass is 9.85. The normalized spacial score (nSPS) is 15.4. The molecule has 0 spiro atoms. The third-order valence-electron chi connectivity index (χ3n) is 4.85. The van der Waals surface area contributed by atoms with Gasteiger partial charge < -0.3 is 14.2 Å².